The molecule has 14 heavy (non-hydrogen) atoms. The number of alkyl halides is 1. The van der Waals surface area contributed by atoms with Crippen molar-refractivity contribution in [1.82, 2.24) is 0 Å². The van der Waals surface area contributed by atoms with Crippen LogP contribution in [0.25, 0.3) is 0 Å². The molecule has 0 N–H and O–H groups in total. The standard InChI is InChI=1S/C13H25Br/c1-11(2)13(14)10-9-12-7-5-3-4-6-8-12/h11-13H,3-10H2,1-2H3. The highest BCUT2D eigenvalue weighted by Gasteiger charge is 2.15. The summed E-state index contributed by atoms with van der Waals surface area (Å²) in [6.07, 6.45) is 11.8. The molecule has 0 aromatic heterocycles. The summed E-state index contributed by atoms with van der Waals surface area (Å²) in [6.45, 7) is 4.62. The van der Waals surface area contributed by atoms with Crippen molar-refractivity contribution in [1.29, 1.82) is 0 Å². The van der Waals surface area contributed by atoms with Crippen LogP contribution >= 0.6 is 15.9 Å². The first-order valence-corrected chi connectivity index (χ1v) is 7.25. The van der Waals surface area contributed by atoms with Crippen molar-refractivity contribution in [2.24, 2.45) is 11.8 Å². The quantitative estimate of drug-likeness (QED) is 0.484. The second-order valence-electron chi connectivity index (χ2n) is 5.19. The molecule has 0 aliphatic heterocycles. The van der Waals surface area contributed by atoms with Crippen LogP contribution in [-0.2, 0) is 0 Å². The van der Waals surface area contributed by atoms with Crippen LogP contribution in [0.5, 0.6) is 0 Å². The predicted octanol–water partition coefficient (Wildman–Crippen LogP) is 5.16. The lowest BCUT2D eigenvalue weighted by atomic mass is 9.92. The normalized spacial score (nSPS) is 22.3. The molecule has 0 aromatic rings. The van der Waals surface area contributed by atoms with Gasteiger partial charge in [0.05, 0.1) is 0 Å². The van der Waals surface area contributed by atoms with Gasteiger partial charge < -0.3 is 0 Å². The van der Waals surface area contributed by atoms with Gasteiger partial charge in [0.15, 0.2) is 0 Å². The Balaban J connectivity index is 2.15. The van der Waals surface area contributed by atoms with Gasteiger partial charge in [-0.2, -0.15) is 0 Å². The smallest absolute Gasteiger partial charge is 0.0168 e. The Morgan fingerprint density at radius 2 is 1.64 bits per heavy atom. The van der Waals surface area contributed by atoms with E-state index in [9.17, 15) is 0 Å². The molecule has 1 saturated carbocycles. The van der Waals surface area contributed by atoms with Crippen molar-refractivity contribution in [3.05, 3.63) is 0 Å². The van der Waals surface area contributed by atoms with Crippen molar-refractivity contribution in [2.45, 2.75) is 70.0 Å². The van der Waals surface area contributed by atoms with E-state index < -0.39 is 0 Å². The van der Waals surface area contributed by atoms with Gasteiger partial charge in [-0.1, -0.05) is 68.3 Å². The van der Waals surface area contributed by atoms with Gasteiger partial charge in [0.1, 0.15) is 0 Å². The maximum absolute atomic E-state index is 3.79. The van der Waals surface area contributed by atoms with Gasteiger partial charge >= 0.3 is 0 Å². The van der Waals surface area contributed by atoms with Gasteiger partial charge in [-0.3, -0.25) is 0 Å². The molecule has 0 amide bonds. The first kappa shape index (κ1) is 12.5. The summed E-state index contributed by atoms with van der Waals surface area (Å²) in [4.78, 5) is 0.741. The molecule has 1 atom stereocenters. The predicted molar refractivity (Wildman–Crippen MR) is 68.0 cm³/mol. The van der Waals surface area contributed by atoms with E-state index in [0.717, 1.165) is 16.7 Å². The fraction of sp³-hybridized carbons (Fsp3) is 1.00. The maximum Gasteiger partial charge on any atom is 0.0168 e. The van der Waals surface area contributed by atoms with Crippen LogP contribution in [-0.4, -0.2) is 4.83 Å². The molecule has 0 bridgehead atoms. The lowest BCUT2D eigenvalue weighted by molar-refractivity contribution is 0.400. The highest BCUT2D eigenvalue weighted by Crippen LogP contribution is 2.29. The minimum atomic E-state index is 0.741. The van der Waals surface area contributed by atoms with Gasteiger partial charge in [-0.05, 0) is 24.7 Å². The van der Waals surface area contributed by atoms with E-state index in [4.69, 9.17) is 0 Å². The molecule has 1 unspecified atom stereocenters. The second kappa shape index (κ2) is 6.87. The molecule has 0 saturated heterocycles. The Morgan fingerprint density at radius 1 is 1.07 bits per heavy atom. The number of halogens is 1. The summed E-state index contributed by atoms with van der Waals surface area (Å²) in [5, 5.41) is 0. The molecule has 0 nitrogen and oxygen atoms in total. The van der Waals surface area contributed by atoms with Gasteiger partial charge in [-0.25, -0.2) is 0 Å². The summed E-state index contributed by atoms with van der Waals surface area (Å²) >= 11 is 3.79. The van der Waals surface area contributed by atoms with Crippen molar-refractivity contribution in [3.63, 3.8) is 0 Å². The molecule has 0 spiro atoms. The topological polar surface area (TPSA) is 0 Å². The molecule has 1 aliphatic carbocycles. The monoisotopic (exact) mass is 260 g/mol. The molecule has 0 aromatic carbocycles. The van der Waals surface area contributed by atoms with Crippen molar-refractivity contribution in [3.8, 4) is 0 Å². The second-order valence-corrected chi connectivity index (χ2v) is 6.37. The Kier molecular flexibility index (Phi) is 6.16. The molecule has 84 valence electrons. The lowest BCUT2D eigenvalue weighted by Gasteiger charge is -2.18. The van der Waals surface area contributed by atoms with Gasteiger partial charge in [0.2, 0.25) is 0 Å². The van der Waals surface area contributed by atoms with E-state index in [-0.39, 0.29) is 0 Å². The van der Waals surface area contributed by atoms with Gasteiger partial charge in [-0.15, -0.1) is 0 Å². The van der Waals surface area contributed by atoms with Crippen LogP contribution < -0.4 is 0 Å². The number of hydrogen-bond acceptors (Lipinski definition) is 0. The zero-order valence-corrected chi connectivity index (χ0v) is 11.4. The third kappa shape index (κ3) is 4.82. The number of rotatable bonds is 4. The fourth-order valence-corrected chi connectivity index (χ4v) is 2.65. The third-order valence-electron chi connectivity index (χ3n) is 3.55. The highest BCUT2D eigenvalue weighted by atomic mass is 79.9. The first-order valence-electron chi connectivity index (χ1n) is 6.34. The fourth-order valence-electron chi connectivity index (χ4n) is 2.38. The van der Waals surface area contributed by atoms with E-state index in [1.807, 2.05) is 0 Å². The molecule has 1 heteroatoms. The minimum absolute atomic E-state index is 0.741. The van der Waals surface area contributed by atoms with Crippen LogP contribution in [0.4, 0.5) is 0 Å². The maximum atomic E-state index is 3.79. The molecular formula is C13H25Br. The summed E-state index contributed by atoms with van der Waals surface area (Å²) in [6, 6.07) is 0. The third-order valence-corrected chi connectivity index (χ3v) is 5.06. The molecular weight excluding hydrogens is 236 g/mol. The Labute approximate surface area is 98.0 Å². The summed E-state index contributed by atoms with van der Waals surface area (Å²) < 4.78 is 0. The van der Waals surface area contributed by atoms with E-state index >= 15 is 0 Å². The zero-order chi connectivity index (χ0) is 10.4. The van der Waals surface area contributed by atoms with E-state index in [1.165, 1.54) is 51.4 Å². The molecule has 1 aliphatic rings. The van der Waals surface area contributed by atoms with Crippen LogP contribution in [0.2, 0.25) is 0 Å². The first-order chi connectivity index (χ1) is 6.70. The van der Waals surface area contributed by atoms with Crippen molar-refractivity contribution >= 4 is 15.9 Å². The number of hydrogen-bond donors (Lipinski definition) is 0. The minimum Gasteiger partial charge on any atom is -0.0888 e. The van der Waals surface area contributed by atoms with Crippen LogP contribution in [0, 0.1) is 11.8 Å². The van der Waals surface area contributed by atoms with Crippen LogP contribution in [0.3, 0.4) is 0 Å². The summed E-state index contributed by atoms with van der Waals surface area (Å²) in [5.41, 5.74) is 0. The van der Waals surface area contributed by atoms with Crippen molar-refractivity contribution < 1.29 is 0 Å². The summed E-state index contributed by atoms with van der Waals surface area (Å²) in [5.74, 6) is 1.83. The zero-order valence-electron chi connectivity index (χ0n) is 9.77. The lowest BCUT2D eigenvalue weighted by Crippen LogP contribution is -2.10. The summed E-state index contributed by atoms with van der Waals surface area (Å²) in [7, 11) is 0. The SMILES string of the molecule is CC(C)C(Br)CCC1CCCCCC1. The molecule has 0 radical (unpaired) electrons. The van der Waals surface area contributed by atoms with Gasteiger partial charge in [0.25, 0.3) is 0 Å². The van der Waals surface area contributed by atoms with Crippen LogP contribution in [0.15, 0.2) is 0 Å². The molecule has 1 rings (SSSR count). The highest BCUT2D eigenvalue weighted by molar-refractivity contribution is 9.09. The Morgan fingerprint density at radius 3 is 2.14 bits per heavy atom. The Hall–Kier alpha value is 0.480. The van der Waals surface area contributed by atoms with Crippen LogP contribution in [0.1, 0.15) is 65.2 Å². The average molecular weight is 261 g/mol. The van der Waals surface area contributed by atoms with E-state index in [1.54, 1.807) is 0 Å². The van der Waals surface area contributed by atoms with Gasteiger partial charge in [0, 0.05) is 4.83 Å². The van der Waals surface area contributed by atoms with Crippen molar-refractivity contribution in [2.75, 3.05) is 0 Å². The molecule has 0 heterocycles. The average Bonchev–Trinajstić information content (AvgIpc) is 2.42. The molecule has 1 fully saturated rings. The Bertz CT molecular complexity index is 134. The van der Waals surface area contributed by atoms with E-state index in [0.29, 0.717) is 0 Å². The largest absolute Gasteiger partial charge is 0.0888 e. The van der Waals surface area contributed by atoms with E-state index in [2.05, 4.69) is 29.8 Å².